The Morgan fingerprint density at radius 3 is 2.02 bits per heavy atom. The van der Waals surface area contributed by atoms with Crippen LogP contribution in [0.15, 0.2) is 103 Å². The third kappa shape index (κ3) is 10.3. The van der Waals surface area contributed by atoms with Crippen LogP contribution in [0.5, 0.6) is 11.5 Å². The first-order valence-corrected chi connectivity index (χ1v) is 16.5. The molecule has 5 rings (SSSR count). The van der Waals surface area contributed by atoms with Crippen molar-refractivity contribution in [3.8, 4) is 11.5 Å². The van der Waals surface area contributed by atoms with Crippen LogP contribution in [0.3, 0.4) is 0 Å². The maximum atomic E-state index is 13.3. The van der Waals surface area contributed by atoms with Gasteiger partial charge >= 0.3 is 0 Å². The third-order valence-electron chi connectivity index (χ3n) is 8.21. The first kappa shape index (κ1) is 32.5. The molecule has 5 nitrogen and oxygen atoms in total. The summed E-state index contributed by atoms with van der Waals surface area (Å²) < 4.78 is 25.3. The smallest absolute Gasteiger partial charge is 0.135 e. The lowest BCUT2D eigenvalue weighted by Gasteiger charge is -2.34. The Bertz CT molecular complexity index is 1440. The van der Waals surface area contributed by atoms with Crippen LogP contribution < -0.4 is 9.47 Å². The van der Waals surface area contributed by atoms with Crippen LogP contribution in [-0.2, 0) is 40.5 Å². The number of fused-ring (bicyclic) bond motifs is 1. The number of unbranched alkanes of at least 4 members (excludes halogenated alkanes) is 2. The molecule has 45 heavy (non-hydrogen) atoms. The minimum absolute atomic E-state index is 0.0578. The fraction of sp³-hybridized carbons (Fsp3) is 0.375. The Morgan fingerprint density at radius 1 is 0.756 bits per heavy atom. The van der Waals surface area contributed by atoms with Crippen LogP contribution >= 0.6 is 0 Å². The minimum atomic E-state index is -0.355. The number of benzene rings is 4. The fourth-order valence-corrected chi connectivity index (χ4v) is 5.85. The summed E-state index contributed by atoms with van der Waals surface area (Å²) in [5.41, 5.74) is 5.47. The molecule has 0 saturated heterocycles. The van der Waals surface area contributed by atoms with E-state index in [9.17, 15) is 4.79 Å². The Labute approximate surface area is 268 Å². The van der Waals surface area contributed by atoms with E-state index in [1.165, 1.54) is 6.42 Å². The number of carbonyl (C=O) groups excluding carboxylic acids is 1. The van der Waals surface area contributed by atoms with Gasteiger partial charge in [-0.05, 0) is 47.6 Å². The van der Waals surface area contributed by atoms with E-state index in [1.807, 2.05) is 60.7 Å². The summed E-state index contributed by atoms with van der Waals surface area (Å²) in [5.74, 6) is 1.69. The summed E-state index contributed by atoms with van der Waals surface area (Å²) in [6.07, 6.45) is 6.37. The summed E-state index contributed by atoms with van der Waals surface area (Å²) in [7, 11) is 0. The first-order valence-electron chi connectivity index (χ1n) is 16.5. The second-order valence-electron chi connectivity index (χ2n) is 11.9. The molecule has 0 aliphatic carbocycles. The lowest BCUT2D eigenvalue weighted by Crippen LogP contribution is -2.28. The first-order chi connectivity index (χ1) is 22.2. The number of Topliss-reactive ketones (excluding diaryl/α,β-unsaturated/α-hetero) is 1. The average Bonchev–Trinajstić information content (AvgIpc) is 3.07. The predicted molar refractivity (Wildman–Crippen MR) is 178 cm³/mol. The van der Waals surface area contributed by atoms with Gasteiger partial charge in [0.1, 0.15) is 30.5 Å². The van der Waals surface area contributed by atoms with E-state index in [2.05, 4.69) is 49.4 Å². The van der Waals surface area contributed by atoms with E-state index in [1.54, 1.807) is 0 Å². The minimum Gasteiger partial charge on any atom is -0.489 e. The van der Waals surface area contributed by atoms with Crippen molar-refractivity contribution in [2.45, 2.75) is 90.3 Å². The van der Waals surface area contributed by atoms with Gasteiger partial charge in [0.15, 0.2) is 0 Å². The number of rotatable bonds is 18. The standard InChI is InChI=1S/C40H46O5/c1-2-3-7-22-36-24-34-25-37(43-29-32-17-10-5-11-18-32)27-38(44-30-33-19-12-6-13-20-33)40(34)39(45-36)26-35(41)21-14-23-42-28-31-15-8-4-9-16-31/h4-6,8-13,15-20,25,27,36,39H,2-3,7,14,21-24,26,28-30H2,1H3/t36-,39?/m1/s1. The number of hydrogen-bond donors (Lipinski definition) is 0. The summed E-state index contributed by atoms with van der Waals surface area (Å²) in [4.78, 5) is 13.3. The maximum absolute atomic E-state index is 13.3. The summed E-state index contributed by atoms with van der Waals surface area (Å²) >= 11 is 0. The molecule has 4 aromatic rings. The predicted octanol–water partition coefficient (Wildman–Crippen LogP) is 9.36. The molecular weight excluding hydrogens is 560 g/mol. The van der Waals surface area contributed by atoms with E-state index in [4.69, 9.17) is 18.9 Å². The second-order valence-corrected chi connectivity index (χ2v) is 11.9. The van der Waals surface area contributed by atoms with E-state index in [0.717, 1.165) is 65.0 Å². The van der Waals surface area contributed by atoms with Gasteiger partial charge in [-0.2, -0.15) is 0 Å². The van der Waals surface area contributed by atoms with E-state index >= 15 is 0 Å². The van der Waals surface area contributed by atoms with Gasteiger partial charge in [-0.25, -0.2) is 0 Å². The van der Waals surface area contributed by atoms with Crippen molar-refractivity contribution in [3.63, 3.8) is 0 Å². The molecule has 5 heteroatoms. The SMILES string of the molecule is CCCCC[C@@H]1Cc2cc(OCc3ccccc3)cc(OCc3ccccc3)c2C(CC(=O)CCCOCc2ccccc2)O1. The molecule has 0 saturated carbocycles. The van der Waals surface area contributed by atoms with Crippen molar-refractivity contribution in [1.82, 2.24) is 0 Å². The van der Waals surface area contributed by atoms with Gasteiger partial charge in [-0.1, -0.05) is 117 Å². The van der Waals surface area contributed by atoms with Gasteiger partial charge in [0.05, 0.1) is 18.8 Å². The van der Waals surface area contributed by atoms with Crippen LogP contribution in [0.2, 0.25) is 0 Å². The largest absolute Gasteiger partial charge is 0.489 e. The van der Waals surface area contributed by atoms with Gasteiger partial charge in [0, 0.05) is 31.1 Å². The van der Waals surface area contributed by atoms with Crippen molar-refractivity contribution in [1.29, 1.82) is 0 Å². The topological polar surface area (TPSA) is 54.0 Å². The quantitative estimate of drug-likeness (QED) is 0.106. The van der Waals surface area contributed by atoms with Crippen LogP contribution in [0.25, 0.3) is 0 Å². The molecule has 0 aromatic heterocycles. The van der Waals surface area contributed by atoms with Crippen molar-refractivity contribution in [2.24, 2.45) is 0 Å². The molecule has 1 unspecified atom stereocenters. The normalized spacial score (nSPS) is 15.8. The molecule has 0 radical (unpaired) electrons. The summed E-state index contributed by atoms with van der Waals surface area (Å²) in [6.45, 7) is 4.23. The van der Waals surface area contributed by atoms with Gasteiger partial charge in [-0.3, -0.25) is 4.79 Å². The fourth-order valence-electron chi connectivity index (χ4n) is 5.85. The molecular formula is C40H46O5. The molecule has 236 valence electrons. The number of ketones is 1. The van der Waals surface area contributed by atoms with Gasteiger partial charge in [0.25, 0.3) is 0 Å². The van der Waals surface area contributed by atoms with Crippen LogP contribution in [0, 0.1) is 0 Å². The number of carbonyl (C=O) groups is 1. The van der Waals surface area contributed by atoms with Crippen molar-refractivity contribution in [3.05, 3.63) is 131 Å². The zero-order chi connectivity index (χ0) is 31.1. The zero-order valence-electron chi connectivity index (χ0n) is 26.5. The molecule has 1 aliphatic rings. The second kappa shape index (κ2) is 17.5. The molecule has 1 heterocycles. The van der Waals surface area contributed by atoms with Crippen LogP contribution in [0.1, 0.15) is 85.8 Å². The van der Waals surface area contributed by atoms with Crippen LogP contribution in [0.4, 0.5) is 0 Å². The molecule has 1 aliphatic heterocycles. The van der Waals surface area contributed by atoms with E-state index < -0.39 is 0 Å². The summed E-state index contributed by atoms with van der Waals surface area (Å²) in [5, 5.41) is 0. The maximum Gasteiger partial charge on any atom is 0.135 e. The number of ether oxygens (including phenoxy) is 4. The monoisotopic (exact) mass is 606 g/mol. The Morgan fingerprint density at radius 2 is 1.38 bits per heavy atom. The molecule has 0 bridgehead atoms. The lowest BCUT2D eigenvalue weighted by atomic mass is 9.88. The molecule has 0 N–H and O–H groups in total. The average molecular weight is 607 g/mol. The lowest BCUT2D eigenvalue weighted by molar-refractivity contribution is -0.124. The Balaban J connectivity index is 1.31. The molecule has 0 spiro atoms. The highest BCUT2D eigenvalue weighted by molar-refractivity contribution is 5.79. The van der Waals surface area contributed by atoms with Crippen LogP contribution in [-0.4, -0.2) is 18.5 Å². The van der Waals surface area contributed by atoms with Gasteiger partial charge < -0.3 is 18.9 Å². The molecule has 0 fully saturated rings. The van der Waals surface area contributed by atoms with Crippen molar-refractivity contribution in [2.75, 3.05) is 6.61 Å². The molecule has 0 amide bonds. The van der Waals surface area contributed by atoms with E-state index in [-0.39, 0.29) is 18.0 Å². The highest BCUT2D eigenvalue weighted by Crippen LogP contribution is 2.43. The summed E-state index contributed by atoms with van der Waals surface area (Å²) in [6, 6.07) is 34.6. The molecule has 4 aromatic carbocycles. The highest BCUT2D eigenvalue weighted by Gasteiger charge is 2.32. The Hall–Kier alpha value is -3.93. The zero-order valence-corrected chi connectivity index (χ0v) is 26.5. The van der Waals surface area contributed by atoms with Crippen molar-refractivity contribution >= 4 is 5.78 Å². The van der Waals surface area contributed by atoms with Gasteiger partial charge in [-0.15, -0.1) is 0 Å². The van der Waals surface area contributed by atoms with Crippen molar-refractivity contribution < 1.29 is 23.7 Å². The number of hydrogen-bond acceptors (Lipinski definition) is 5. The Kier molecular flexibility index (Phi) is 12.6. The van der Waals surface area contributed by atoms with Gasteiger partial charge in [0.2, 0.25) is 0 Å². The van der Waals surface area contributed by atoms with E-state index in [0.29, 0.717) is 45.7 Å². The third-order valence-corrected chi connectivity index (χ3v) is 8.21. The molecule has 2 atom stereocenters. The highest BCUT2D eigenvalue weighted by atomic mass is 16.5.